The fourth-order valence-corrected chi connectivity index (χ4v) is 3.77. The van der Waals surface area contributed by atoms with Gasteiger partial charge in [0, 0.05) is 31.3 Å². The summed E-state index contributed by atoms with van der Waals surface area (Å²) in [7, 11) is 1.95. The highest BCUT2D eigenvalue weighted by atomic mass is 35.5. The van der Waals surface area contributed by atoms with Crippen LogP contribution in [0, 0.1) is 5.92 Å². The summed E-state index contributed by atoms with van der Waals surface area (Å²) < 4.78 is 5.52. The number of aliphatic hydroxyl groups excluding tert-OH is 1. The molecule has 2 aliphatic rings. The van der Waals surface area contributed by atoms with Crippen LogP contribution < -0.4 is 4.90 Å². The van der Waals surface area contributed by atoms with Gasteiger partial charge in [0.1, 0.15) is 11.0 Å². The number of aromatic nitrogens is 1. The summed E-state index contributed by atoms with van der Waals surface area (Å²) >= 11 is 6.45. The second kappa shape index (κ2) is 6.50. The van der Waals surface area contributed by atoms with Crippen LogP contribution in [0.1, 0.15) is 31.9 Å². The van der Waals surface area contributed by atoms with E-state index in [4.69, 9.17) is 16.3 Å². The Morgan fingerprint density at radius 2 is 2.21 bits per heavy atom. The van der Waals surface area contributed by atoms with Gasteiger partial charge < -0.3 is 14.7 Å². The van der Waals surface area contributed by atoms with Gasteiger partial charge in [-0.15, -0.1) is 0 Å². The molecule has 24 heavy (non-hydrogen) atoms. The van der Waals surface area contributed by atoms with E-state index in [-0.39, 0.29) is 24.1 Å². The largest absolute Gasteiger partial charge is 0.392 e. The minimum Gasteiger partial charge on any atom is -0.392 e. The van der Waals surface area contributed by atoms with Gasteiger partial charge in [0.2, 0.25) is 0 Å². The molecule has 0 radical (unpaired) electrons. The summed E-state index contributed by atoms with van der Waals surface area (Å²) in [6.07, 6.45) is 1.94. The fourth-order valence-electron chi connectivity index (χ4n) is 3.52. The smallest absolute Gasteiger partial charge is 0.137 e. The number of ether oxygens (including phenoxy) is 1. The Balaban J connectivity index is 2.11. The van der Waals surface area contributed by atoms with E-state index in [2.05, 4.69) is 41.8 Å². The van der Waals surface area contributed by atoms with Crippen molar-refractivity contribution in [2.24, 2.45) is 11.0 Å². The fraction of sp³-hybridized carbons (Fsp3) is 0.647. The minimum atomic E-state index is -0.366. The van der Waals surface area contributed by atoms with Crippen molar-refractivity contribution >= 4 is 23.6 Å². The lowest BCUT2D eigenvalue weighted by Gasteiger charge is -2.39. The van der Waals surface area contributed by atoms with E-state index in [9.17, 15) is 5.11 Å². The molecule has 1 aromatic rings. The first kappa shape index (κ1) is 17.5. The van der Waals surface area contributed by atoms with E-state index in [1.165, 1.54) is 0 Å². The maximum Gasteiger partial charge on any atom is 0.137 e. The standard InChI is InChI=1S/C17H25ClN4O2/c1-11-8-19-21(4)17(11,3)14-7-15(20-16(18)13(14)9-23)22-5-6-24-10-12(22)2/h7-8,11-12,23H,5-6,9-10H2,1-4H3/t11?,12-,17?/m1/s1. The molecule has 0 aromatic carbocycles. The second-order valence-electron chi connectivity index (χ2n) is 6.80. The van der Waals surface area contributed by atoms with Crippen LogP contribution in [0.25, 0.3) is 0 Å². The number of aliphatic hydroxyl groups is 1. The summed E-state index contributed by atoms with van der Waals surface area (Å²) in [6, 6.07) is 2.29. The Morgan fingerprint density at radius 3 is 2.79 bits per heavy atom. The highest BCUT2D eigenvalue weighted by molar-refractivity contribution is 6.30. The third-order valence-electron chi connectivity index (χ3n) is 5.45. The topological polar surface area (TPSA) is 61.2 Å². The first-order valence-corrected chi connectivity index (χ1v) is 8.70. The van der Waals surface area contributed by atoms with Crippen molar-refractivity contribution < 1.29 is 9.84 Å². The first-order chi connectivity index (χ1) is 11.4. The highest BCUT2D eigenvalue weighted by Crippen LogP contribution is 2.42. The number of hydrogen-bond acceptors (Lipinski definition) is 6. The van der Waals surface area contributed by atoms with Gasteiger partial charge in [-0.25, -0.2) is 4.98 Å². The zero-order valence-electron chi connectivity index (χ0n) is 14.7. The number of nitrogens with zero attached hydrogens (tertiary/aromatic N) is 4. The molecule has 1 fully saturated rings. The van der Waals surface area contributed by atoms with Crippen LogP contribution in [0.2, 0.25) is 5.15 Å². The molecule has 2 aliphatic heterocycles. The highest BCUT2D eigenvalue weighted by Gasteiger charge is 2.42. The van der Waals surface area contributed by atoms with Crippen molar-refractivity contribution in [1.29, 1.82) is 0 Å². The van der Waals surface area contributed by atoms with Crippen molar-refractivity contribution in [3.63, 3.8) is 0 Å². The van der Waals surface area contributed by atoms with Crippen LogP contribution in [-0.4, -0.2) is 54.2 Å². The Labute approximate surface area is 148 Å². The van der Waals surface area contributed by atoms with Crippen LogP contribution >= 0.6 is 11.6 Å². The third kappa shape index (κ3) is 2.66. The lowest BCUT2D eigenvalue weighted by atomic mass is 9.80. The van der Waals surface area contributed by atoms with Crippen LogP contribution in [-0.2, 0) is 16.9 Å². The molecule has 1 N–H and O–H groups in total. The number of hydrogen-bond donors (Lipinski definition) is 1. The predicted molar refractivity (Wildman–Crippen MR) is 95.6 cm³/mol. The molecule has 1 aromatic heterocycles. The van der Waals surface area contributed by atoms with Crippen molar-refractivity contribution in [3.05, 3.63) is 22.3 Å². The van der Waals surface area contributed by atoms with Gasteiger partial charge in [-0.1, -0.05) is 18.5 Å². The molecule has 7 heteroatoms. The van der Waals surface area contributed by atoms with Crippen molar-refractivity contribution in [2.45, 2.75) is 39.0 Å². The molecular formula is C17H25ClN4O2. The molecular weight excluding hydrogens is 328 g/mol. The maximum atomic E-state index is 9.88. The molecule has 6 nitrogen and oxygen atoms in total. The van der Waals surface area contributed by atoms with E-state index >= 15 is 0 Å². The SMILES string of the molecule is CC1C=NN(C)C1(C)c1cc(N2CCOC[C@H]2C)nc(Cl)c1CO. The molecule has 3 atom stereocenters. The molecule has 132 valence electrons. The van der Waals surface area contributed by atoms with Crippen LogP contribution in [0.3, 0.4) is 0 Å². The monoisotopic (exact) mass is 352 g/mol. The second-order valence-corrected chi connectivity index (χ2v) is 7.16. The number of halogens is 1. The van der Waals surface area contributed by atoms with E-state index in [1.54, 1.807) is 0 Å². The van der Waals surface area contributed by atoms with Crippen LogP contribution in [0.15, 0.2) is 11.2 Å². The first-order valence-electron chi connectivity index (χ1n) is 8.32. The molecule has 0 bridgehead atoms. The average molecular weight is 353 g/mol. The summed E-state index contributed by atoms with van der Waals surface area (Å²) in [5.41, 5.74) is 1.29. The van der Waals surface area contributed by atoms with Gasteiger partial charge in [0.15, 0.2) is 0 Å². The Kier molecular flexibility index (Phi) is 4.73. The molecule has 3 heterocycles. The van der Waals surface area contributed by atoms with Gasteiger partial charge >= 0.3 is 0 Å². The number of morpholine rings is 1. The van der Waals surface area contributed by atoms with Gasteiger partial charge in [-0.3, -0.25) is 5.01 Å². The number of hydrazone groups is 1. The Bertz CT molecular complexity index is 640. The third-order valence-corrected chi connectivity index (χ3v) is 5.76. The summed E-state index contributed by atoms with van der Waals surface area (Å²) in [5.74, 6) is 1.03. The maximum absolute atomic E-state index is 9.88. The average Bonchev–Trinajstić information content (AvgIpc) is 2.83. The number of rotatable bonds is 3. The molecule has 0 aliphatic carbocycles. The van der Waals surface area contributed by atoms with E-state index in [1.807, 2.05) is 18.3 Å². The summed E-state index contributed by atoms with van der Waals surface area (Å²) in [6.45, 7) is 8.35. The van der Waals surface area contributed by atoms with Crippen LogP contribution in [0.5, 0.6) is 0 Å². The van der Waals surface area contributed by atoms with Crippen molar-refractivity contribution in [2.75, 3.05) is 31.7 Å². The van der Waals surface area contributed by atoms with E-state index in [0.29, 0.717) is 23.9 Å². The molecule has 2 unspecified atom stereocenters. The lowest BCUT2D eigenvalue weighted by molar-refractivity contribution is 0.0983. The predicted octanol–water partition coefficient (Wildman–Crippen LogP) is 2.23. The lowest BCUT2D eigenvalue weighted by Crippen LogP contribution is -2.45. The van der Waals surface area contributed by atoms with E-state index in [0.717, 1.165) is 17.9 Å². The Morgan fingerprint density at radius 1 is 1.46 bits per heavy atom. The number of anilines is 1. The van der Waals surface area contributed by atoms with Gasteiger partial charge in [0.25, 0.3) is 0 Å². The van der Waals surface area contributed by atoms with E-state index < -0.39 is 0 Å². The summed E-state index contributed by atoms with van der Waals surface area (Å²) in [5, 5.41) is 16.6. The molecule has 0 spiro atoms. The summed E-state index contributed by atoms with van der Waals surface area (Å²) in [4.78, 5) is 6.76. The molecule has 1 saturated heterocycles. The van der Waals surface area contributed by atoms with Gasteiger partial charge in [-0.2, -0.15) is 5.10 Å². The van der Waals surface area contributed by atoms with Crippen molar-refractivity contribution in [3.8, 4) is 0 Å². The number of pyridine rings is 1. The molecule has 0 amide bonds. The quantitative estimate of drug-likeness (QED) is 0.845. The molecule has 3 rings (SSSR count). The van der Waals surface area contributed by atoms with Crippen LogP contribution in [0.4, 0.5) is 5.82 Å². The normalized spacial score (nSPS) is 30.2. The van der Waals surface area contributed by atoms with Crippen molar-refractivity contribution in [1.82, 2.24) is 9.99 Å². The Hall–Kier alpha value is -1.37. The zero-order valence-corrected chi connectivity index (χ0v) is 15.4. The molecule has 0 saturated carbocycles. The van der Waals surface area contributed by atoms with Gasteiger partial charge in [0.05, 0.1) is 31.4 Å². The van der Waals surface area contributed by atoms with Gasteiger partial charge in [-0.05, 0) is 25.5 Å². The zero-order chi connectivity index (χ0) is 17.5. The minimum absolute atomic E-state index is 0.143.